The van der Waals surface area contributed by atoms with E-state index >= 15 is 0 Å². The maximum absolute atomic E-state index is 12.6. The number of aromatic nitrogens is 2. The Labute approximate surface area is 152 Å². The van der Waals surface area contributed by atoms with E-state index in [-0.39, 0.29) is 11.7 Å². The lowest BCUT2D eigenvalue weighted by molar-refractivity contribution is 0.0745. The molecule has 2 heterocycles. The molecule has 0 bridgehead atoms. The third-order valence-corrected chi connectivity index (χ3v) is 5.07. The summed E-state index contributed by atoms with van der Waals surface area (Å²) in [6.45, 7) is 2.55. The summed E-state index contributed by atoms with van der Waals surface area (Å²) in [6.07, 6.45) is 1.40. The van der Waals surface area contributed by atoms with Crippen molar-refractivity contribution >= 4 is 51.7 Å². The number of carbonyl (C=O) groups is 1. The lowest BCUT2D eigenvalue weighted by Gasteiger charge is -2.35. The molecular formula is C15H15ClIN5O. The highest BCUT2D eigenvalue weighted by Gasteiger charge is 2.25. The van der Waals surface area contributed by atoms with Gasteiger partial charge in [0.1, 0.15) is 17.2 Å². The van der Waals surface area contributed by atoms with Crippen LogP contribution in [0.5, 0.6) is 0 Å². The first-order valence-corrected chi connectivity index (χ1v) is 8.58. The van der Waals surface area contributed by atoms with Gasteiger partial charge in [0.05, 0.1) is 5.56 Å². The van der Waals surface area contributed by atoms with E-state index in [1.807, 2.05) is 34.1 Å². The van der Waals surface area contributed by atoms with Crippen LogP contribution in [0.15, 0.2) is 30.6 Å². The Kier molecular flexibility index (Phi) is 4.86. The molecule has 1 saturated heterocycles. The Morgan fingerprint density at radius 3 is 2.57 bits per heavy atom. The van der Waals surface area contributed by atoms with E-state index in [1.54, 1.807) is 0 Å². The number of anilines is 2. The van der Waals surface area contributed by atoms with Crippen molar-refractivity contribution in [3.05, 3.63) is 44.7 Å². The first kappa shape index (κ1) is 16.3. The Morgan fingerprint density at radius 2 is 1.87 bits per heavy atom. The van der Waals surface area contributed by atoms with Gasteiger partial charge >= 0.3 is 0 Å². The lowest BCUT2D eigenvalue weighted by atomic mass is 10.2. The molecule has 3 rings (SSSR count). The third-order valence-electron chi connectivity index (χ3n) is 3.77. The summed E-state index contributed by atoms with van der Waals surface area (Å²) in [5, 5.41) is 0.366. The summed E-state index contributed by atoms with van der Waals surface area (Å²) in [4.78, 5) is 24.6. The van der Waals surface area contributed by atoms with Crippen molar-refractivity contribution in [2.24, 2.45) is 0 Å². The molecule has 1 aliphatic rings. The average molecular weight is 444 g/mol. The number of halogens is 2. The molecule has 0 aliphatic carbocycles. The van der Waals surface area contributed by atoms with Gasteiger partial charge in [-0.1, -0.05) is 23.7 Å². The maximum Gasteiger partial charge on any atom is 0.255 e. The number of hydrogen-bond acceptors (Lipinski definition) is 5. The van der Waals surface area contributed by atoms with Gasteiger partial charge in [0, 0.05) is 29.7 Å². The van der Waals surface area contributed by atoms with Crippen LogP contribution in [0.25, 0.3) is 0 Å². The molecule has 1 aromatic heterocycles. The van der Waals surface area contributed by atoms with Crippen LogP contribution in [0, 0.1) is 3.57 Å². The molecule has 0 spiro atoms. The fourth-order valence-electron chi connectivity index (χ4n) is 2.52. The number of rotatable bonds is 2. The second-order valence-corrected chi connectivity index (χ2v) is 6.70. The first-order chi connectivity index (χ1) is 11.1. The fraction of sp³-hybridized carbons (Fsp3) is 0.267. The van der Waals surface area contributed by atoms with Crippen LogP contribution in [0.3, 0.4) is 0 Å². The lowest BCUT2D eigenvalue weighted by Crippen LogP contribution is -2.49. The van der Waals surface area contributed by atoms with Crippen LogP contribution in [0.2, 0.25) is 5.02 Å². The molecule has 1 amide bonds. The van der Waals surface area contributed by atoms with E-state index in [1.165, 1.54) is 6.33 Å². The zero-order chi connectivity index (χ0) is 16.4. The molecule has 0 unspecified atom stereocenters. The minimum Gasteiger partial charge on any atom is -0.382 e. The summed E-state index contributed by atoms with van der Waals surface area (Å²) in [5.74, 6) is 0.956. The van der Waals surface area contributed by atoms with Crippen molar-refractivity contribution in [2.45, 2.75) is 0 Å². The molecule has 1 aromatic carbocycles. The van der Waals surface area contributed by atoms with Crippen LogP contribution < -0.4 is 10.6 Å². The van der Waals surface area contributed by atoms with E-state index in [2.05, 4.69) is 32.6 Å². The number of nitrogens with two attached hydrogens (primary N) is 1. The highest BCUT2D eigenvalue weighted by atomic mass is 127. The normalized spacial score (nSPS) is 14.9. The zero-order valence-corrected chi connectivity index (χ0v) is 15.2. The number of piperazine rings is 1. The van der Waals surface area contributed by atoms with Crippen molar-refractivity contribution in [2.75, 3.05) is 36.8 Å². The molecule has 2 N–H and O–H groups in total. The molecule has 0 saturated carbocycles. The zero-order valence-electron chi connectivity index (χ0n) is 12.2. The summed E-state index contributed by atoms with van der Waals surface area (Å²) < 4.78 is 0.962. The van der Waals surface area contributed by atoms with Crippen LogP contribution in [0.4, 0.5) is 11.6 Å². The highest BCUT2D eigenvalue weighted by molar-refractivity contribution is 14.1. The Hall–Kier alpha value is -1.61. The summed E-state index contributed by atoms with van der Waals surface area (Å²) >= 11 is 8.36. The topological polar surface area (TPSA) is 75.3 Å². The second kappa shape index (κ2) is 6.88. The summed E-state index contributed by atoms with van der Waals surface area (Å²) in [7, 11) is 0. The standard InChI is InChI=1S/C15H15ClIN5O/c16-12-13(18)19-9-20-14(12)21-5-7-22(8-6-21)15(23)10-3-1-2-4-11(10)17/h1-4,9H,5-8H2,(H2,18,19,20). The van der Waals surface area contributed by atoms with Gasteiger partial charge in [0.2, 0.25) is 0 Å². The van der Waals surface area contributed by atoms with Crippen molar-refractivity contribution in [1.29, 1.82) is 0 Å². The van der Waals surface area contributed by atoms with Gasteiger partial charge in [-0.05, 0) is 34.7 Å². The van der Waals surface area contributed by atoms with Crippen LogP contribution >= 0.6 is 34.2 Å². The summed E-state index contributed by atoms with van der Waals surface area (Å²) in [5.41, 5.74) is 6.46. The smallest absolute Gasteiger partial charge is 0.255 e. The predicted molar refractivity (Wildman–Crippen MR) is 98.7 cm³/mol. The number of nitrogens with zero attached hydrogens (tertiary/aromatic N) is 4. The second-order valence-electron chi connectivity index (χ2n) is 5.16. The predicted octanol–water partition coefficient (Wildman–Crippen LogP) is 2.28. The molecule has 0 radical (unpaired) electrons. The minimum absolute atomic E-state index is 0.0583. The molecular weight excluding hydrogens is 429 g/mol. The molecule has 6 nitrogen and oxygen atoms in total. The quantitative estimate of drug-likeness (QED) is 0.721. The van der Waals surface area contributed by atoms with Gasteiger partial charge < -0.3 is 15.5 Å². The van der Waals surface area contributed by atoms with Gasteiger partial charge in [0.25, 0.3) is 5.91 Å². The highest BCUT2D eigenvalue weighted by Crippen LogP contribution is 2.27. The van der Waals surface area contributed by atoms with Gasteiger partial charge in [0.15, 0.2) is 5.82 Å². The molecule has 2 aromatic rings. The van der Waals surface area contributed by atoms with Gasteiger partial charge in [-0.3, -0.25) is 4.79 Å². The van der Waals surface area contributed by atoms with Gasteiger partial charge in [-0.2, -0.15) is 0 Å². The molecule has 23 heavy (non-hydrogen) atoms. The molecule has 1 aliphatic heterocycles. The van der Waals surface area contributed by atoms with E-state index < -0.39 is 0 Å². The number of hydrogen-bond donors (Lipinski definition) is 1. The fourth-order valence-corrected chi connectivity index (χ4v) is 3.36. The Balaban J connectivity index is 1.70. The van der Waals surface area contributed by atoms with E-state index in [4.69, 9.17) is 17.3 Å². The van der Waals surface area contributed by atoms with Crippen LogP contribution in [0.1, 0.15) is 10.4 Å². The van der Waals surface area contributed by atoms with Crippen molar-refractivity contribution in [1.82, 2.24) is 14.9 Å². The van der Waals surface area contributed by atoms with Crippen molar-refractivity contribution < 1.29 is 4.79 Å². The Morgan fingerprint density at radius 1 is 1.17 bits per heavy atom. The monoisotopic (exact) mass is 443 g/mol. The number of amides is 1. The van der Waals surface area contributed by atoms with Crippen molar-refractivity contribution in [3.63, 3.8) is 0 Å². The maximum atomic E-state index is 12.6. The molecule has 120 valence electrons. The summed E-state index contributed by atoms with van der Waals surface area (Å²) in [6, 6.07) is 7.61. The number of nitrogen functional groups attached to an aromatic ring is 1. The Bertz CT molecular complexity index is 734. The molecule has 1 fully saturated rings. The molecule has 8 heteroatoms. The first-order valence-electron chi connectivity index (χ1n) is 7.12. The number of benzene rings is 1. The van der Waals surface area contributed by atoms with Crippen LogP contribution in [-0.4, -0.2) is 47.0 Å². The van der Waals surface area contributed by atoms with Gasteiger partial charge in [-0.25, -0.2) is 9.97 Å². The van der Waals surface area contributed by atoms with E-state index in [0.29, 0.717) is 37.0 Å². The van der Waals surface area contributed by atoms with Crippen LogP contribution in [-0.2, 0) is 0 Å². The number of carbonyl (C=O) groups excluding carboxylic acids is 1. The van der Waals surface area contributed by atoms with Crippen molar-refractivity contribution in [3.8, 4) is 0 Å². The SMILES string of the molecule is Nc1ncnc(N2CCN(C(=O)c3ccccc3I)CC2)c1Cl. The molecule has 0 atom stereocenters. The van der Waals surface area contributed by atoms with E-state index in [0.717, 1.165) is 9.13 Å². The largest absolute Gasteiger partial charge is 0.382 e. The minimum atomic E-state index is 0.0583. The van der Waals surface area contributed by atoms with E-state index in [9.17, 15) is 4.79 Å². The third kappa shape index (κ3) is 3.35. The van der Waals surface area contributed by atoms with Gasteiger partial charge in [-0.15, -0.1) is 0 Å². The average Bonchev–Trinajstić information content (AvgIpc) is 2.57.